The topological polar surface area (TPSA) is 84.1 Å². The molecule has 0 heterocycles. The van der Waals surface area contributed by atoms with Crippen molar-refractivity contribution in [3.05, 3.63) is 0 Å². The van der Waals surface area contributed by atoms with Gasteiger partial charge in [0.2, 0.25) is 0 Å². The van der Waals surface area contributed by atoms with Crippen LogP contribution in [0, 0.1) is 0 Å². The third-order valence-electron chi connectivity index (χ3n) is 0.779. The van der Waals surface area contributed by atoms with Crippen LogP contribution in [0.2, 0.25) is 9.88 Å². The maximum absolute atomic E-state index is 10.5. The number of carbonyl (C=O) groups is 2. The molecule has 6 heteroatoms. The van der Waals surface area contributed by atoms with Crippen molar-refractivity contribution in [2.75, 3.05) is 0 Å². The molecule has 0 saturated carbocycles. The zero-order chi connectivity index (χ0) is 9.07. The molecule has 12 heavy (non-hydrogen) atoms. The van der Waals surface area contributed by atoms with E-state index in [0.717, 1.165) is 0 Å². The van der Waals surface area contributed by atoms with Gasteiger partial charge in [-0.05, 0) is 0 Å². The predicted molar refractivity (Wildman–Crippen MR) is 44.6 cm³/mol. The molecule has 0 atom stereocenters. The summed E-state index contributed by atoms with van der Waals surface area (Å²) in [5.41, 5.74) is 0. The largest absolute Gasteiger partial charge is 0.412 e. The number of hydrogen-bond acceptors (Lipinski definition) is 4. The Hall–Kier alpha value is -0.301. The Bertz CT molecular complexity index is 159. The monoisotopic (exact) mass is 286 g/mol. The number of hydrogen-bond donors (Lipinski definition) is 0. The molecule has 0 bridgehead atoms. The van der Waals surface area contributed by atoms with Crippen LogP contribution >= 0.6 is 0 Å². The van der Waals surface area contributed by atoms with Gasteiger partial charge in [0.15, 0.2) is 0 Å². The van der Waals surface area contributed by atoms with E-state index < -0.39 is 19.2 Å². The molecule has 0 saturated heterocycles. The summed E-state index contributed by atoms with van der Waals surface area (Å²) in [6.07, 6.45) is 0. The van der Waals surface area contributed by atoms with E-state index >= 15 is 0 Å². The third kappa shape index (κ3) is 7.80. The van der Waals surface area contributed by atoms with Gasteiger partial charge in [0, 0.05) is 0 Å². The summed E-state index contributed by atoms with van der Waals surface area (Å²) in [5, 5.41) is 0. The van der Waals surface area contributed by atoms with Crippen molar-refractivity contribution in [1.29, 1.82) is 0 Å². The summed E-state index contributed by atoms with van der Waals surface area (Å²) in [7, 11) is 0. The summed E-state index contributed by atoms with van der Waals surface area (Å²) < 4.78 is 9.75. The van der Waals surface area contributed by atoms with Gasteiger partial charge < -0.3 is 5.48 Å². The number of carbonyl (C=O) groups excluding carboxylic acids is 2. The predicted octanol–water partition coefficient (Wildman–Crippen LogP) is -0.0103. The average molecular weight is 285 g/mol. The van der Waals surface area contributed by atoms with Gasteiger partial charge in [-0.1, -0.05) is 0 Å². The van der Waals surface area contributed by atoms with Crippen LogP contribution in [-0.4, -0.2) is 36.6 Å². The van der Waals surface area contributed by atoms with E-state index in [0.29, 0.717) is 0 Å². The fraction of sp³-hybridized carbons (Fsp3) is 0.667. The van der Waals surface area contributed by atoms with Crippen molar-refractivity contribution in [2.45, 2.75) is 23.7 Å². The van der Waals surface area contributed by atoms with Crippen molar-refractivity contribution in [2.24, 2.45) is 0 Å². The molecule has 72 valence electrons. The van der Waals surface area contributed by atoms with Crippen LogP contribution in [0.15, 0.2) is 0 Å². The minimum atomic E-state index is -3.23. The molecular weight excluding hydrogens is 271 g/mol. The van der Waals surface area contributed by atoms with Gasteiger partial charge in [-0.2, -0.15) is 0 Å². The molecule has 0 spiro atoms. The van der Waals surface area contributed by atoms with E-state index in [1.807, 2.05) is 0 Å². The smallest absolute Gasteiger partial charge is 0.412 e. The molecule has 0 aliphatic rings. The van der Waals surface area contributed by atoms with Crippen molar-refractivity contribution in [1.82, 2.24) is 0 Å². The molecule has 5 nitrogen and oxygen atoms in total. The van der Waals surface area contributed by atoms with Gasteiger partial charge >= 0.3 is 70.6 Å². The maximum atomic E-state index is 10.5. The van der Waals surface area contributed by atoms with Crippen molar-refractivity contribution >= 4 is 31.1 Å². The number of rotatable bonds is 2. The van der Waals surface area contributed by atoms with Crippen molar-refractivity contribution in [3.8, 4) is 0 Å². The first-order valence-corrected chi connectivity index (χ1v) is 11.3. The first kappa shape index (κ1) is 14.2. The molecule has 0 aromatic carbocycles. The zero-order valence-corrected chi connectivity index (χ0v) is 10.5. The molecule has 0 fully saturated rings. The Kier molecular flexibility index (Phi) is 6.36. The van der Waals surface area contributed by atoms with Gasteiger partial charge in [0.25, 0.3) is 0 Å². The Morgan fingerprint density at radius 3 is 1.42 bits per heavy atom. The third-order valence-corrected chi connectivity index (χ3v) is 5.23. The molecule has 0 unspecified atom stereocenters. The molecule has 0 rings (SSSR count). The van der Waals surface area contributed by atoms with E-state index in [1.54, 1.807) is 9.88 Å². The minimum absolute atomic E-state index is 0. The molecule has 0 aromatic heterocycles. The first-order valence-electron chi connectivity index (χ1n) is 3.22. The Labute approximate surface area is 76.3 Å². The van der Waals surface area contributed by atoms with Crippen LogP contribution in [0.4, 0.5) is 0 Å². The second-order valence-corrected chi connectivity index (χ2v) is 11.7. The summed E-state index contributed by atoms with van der Waals surface area (Å²) >= 11 is -3.23. The summed E-state index contributed by atoms with van der Waals surface area (Å²) in [6, 6.07) is 0. The summed E-state index contributed by atoms with van der Waals surface area (Å²) in [4.78, 5) is 24.4. The minimum Gasteiger partial charge on any atom is -0.412 e. The Morgan fingerprint density at radius 2 is 1.25 bits per heavy atom. The average Bonchev–Trinajstić information content (AvgIpc) is 1.53. The molecule has 0 aromatic rings. The fourth-order valence-electron chi connectivity index (χ4n) is 0.713. The van der Waals surface area contributed by atoms with Crippen LogP contribution < -0.4 is 0 Å². The van der Waals surface area contributed by atoms with Crippen LogP contribution in [0.3, 0.4) is 0 Å². The fourth-order valence-corrected chi connectivity index (χ4v) is 4.78. The van der Waals surface area contributed by atoms with Crippen molar-refractivity contribution in [3.63, 3.8) is 0 Å². The second kappa shape index (κ2) is 5.36. The molecular formula is C6H14O5Sn. The Balaban J connectivity index is 0. The zero-order valence-electron chi connectivity index (χ0n) is 7.63. The van der Waals surface area contributed by atoms with Crippen LogP contribution in [0.5, 0.6) is 0 Å². The van der Waals surface area contributed by atoms with Crippen molar-refractivity contribution < 1.29 is 21.2 Å². The quantitative estimate of drug-likeness (QED) is 0.668. The molecule has 0 aliphatic heterocycles. The van der Waals surface area contributed by atoms with Gasteiger partial charge in [0.05, 0.1) is 0 Å². The van der Waals surface area contributed by atoms with E-state index in [-0.39, 0.29) is 17.4 Å². The van der Waals surface area contributed by atoms with Crippen LogP contribution in [0.25, 0.3) is 0 Å². The standard InChI is InChI=1S/2C2H4O2.2CH3.H2O.Sn/c2*1-2(3)4;;;;/h2*1H3,(H,3,4);2*1H3;1H2;/q;;;;;+2/p-2. The van der Waals surface area contributed by atoms with E-state index in [1.165, 1.54) is 13.8 Å². The first-order chi connectivity index (χ1) is 4.83. The molecule has 0 amide bonds. The van der Waals surface area contributed by atoms with E-state index in [9.17, 15) is 9.59 Å². The van der Waals surface area contributed by atoms with Crippen LogP contribution in [0.1, 0.15) is 13.8 Å². The Morgan fingerprint density at radius 1 is 1.00 bits per heavy atom. The second-order valence-electron chi connectivity index (χ2n) is 2.59. The summed E-state index contributed by atoms with van der Waals surface area (Å²) in [6.45, 7) is 2.62. The van der Waals surface area contributed by atoms with E-state index in [2.05, 4.69) is 0 Å². The molecule has 2 N–H and O–H groups in total. The van der Waals surface area contributed by atoms with Crippen LogP contribution in [-0.2, 0) is 15.7 Å². The van der Waals surface area contributed by atoms with E-state index in [4.69, 9.17) is 6.15 Å². The SMILES string of the molecule is CC(=O)[O][Sn]([CH3])([CH3])[O]C(C)=O.O. The van der Waals surface area contributed by atoms with Gasteiger partial charge in [-0.3, -0.25) is 0 Å². The van der Waals surface area contributed by atoms with Gasteiger partial charge in [-0.15, -0.1) is 0 Å². The summed E-state index contributed by atoms with van der Waals surface area (Å²) in [5.74, 6) is -0.765. The van der Waals surface area contributed by atoms with Gasteiger partial charge in [-0.25, -0.2) is 0 Å². The normalized spacial score (nSPS) is 9.67. The molecule has 0 radical (unpaired) electrons. The maximum Gasteiger partial charge on any atom is -0.412 e. The van der Waals surface area contributed by atoms with Gasteiger partial charge in [0.1, 0.15) is 0 Å². The molecule has 0 aliphatic carbocycles.